The molecule has 0 aliphatic heterocycles. The van der Waals surface area contributed by atoms with Gasteiger partial charge in [-0.2, -0.15) is 0 Å². The second-order valence-corrected chi connectivity index (χ2v) is 4.59. The highest BCUT2D eigenvalue weighted by atomic mass is 79.9. The smallest absolute Gasteiger partial charge is 0.0451 e. The zero-order valence-corrected chi connectivity index (χ0v) is 10.1. The minimum Gasteiger partial charge on any atom is -0.310 e. The van der Waals surface area contributed by atoms with Gasteiger partial charge in [-0.3, -0.25) is 0 Å². The predicted octanol–water partition coefficient (Wildman–Crippen LogP) is 3.60. The van der Waals surface area contributed by atoms with E-state index in [4.69, 9.17) is 11.6 Å². The second-order valence-electron chi connectivity index (χ2n) is 3.27. The molecule has 0 spiro atoms. The number of rotatable bonds is 3. The zero-order chi connectivity index (χ0) is 9.84. The summed E-state index contributed by atoms with van der Waals surface area (Å²) in [7, 11) is 0. The summed E-state index contributed by atoms with van der Waals surface area (Å²) in [5.41, 5.74) is 1.13. The Balaban J connectivity index is 2.70. The van der Waals surface area contributed by atoms with E-state index in [0.717, 1.165) is 21.6 Å². The van der Waals surface area contributed by atoms with Crippen molar-refractivity contribution in [2.75, 3.05) is 0 Å². The van der Waals surface area contributed by atoms with Crippen LogP contribution in [0.15, 0.2) is 22.7 Å². The second kappa shape index (κ2) is 4.99. The van der Waals surface area contributed by atoms with Gasteiger partial charge < -0.3 is 5.32 Å². The van der Waals surface area contributed by atoms with Crippen LogP contribution in [0.4, 0.5) is 0 Å². The summed E-state index contributed by atoms with van der Waals surface area (Å²) in [6.07, 6.45) is 0. The molecule has 0 amide bonds. The predicted molar refractivity (Wildman–Crippen MR) is 61.1 cm³/mol. The molecule has 0 aliphatic rings. The van der Waals surface area contributed by atoms with Gasteiger partial charge in [0, 0.05) is 22.1 Å². The van der Waals surface area contributed by atoms with Crippen molar-refractivity contribution in [1.82, 2.24) is 5.32 Å². The Bertz CT molecular complexity index is 286. The molecule has 3 heteroatoms. The van der Waals surface area contributed by atoms with Crippen LogP contribution < -0.4 is 5.32 Å². The molecule has 13 heavy (non-hydrogen) atoms. The summed E-state index contributed by atoms with van der Waals surface area (Å²) in [5, 5.41) is 4.14. The van der Waals surface area contributed by atoms with Crippen LogP contribution in [0.1, 0.15) is 19.4 Å². The van der Waals surface area contributed by atoms with Crippen molar-refractivity contribution in [3.05, 3.63) is 33.3 Å². The summed E-state index contributed by atoms with van der Waals surface area (Å²) in [5.74, 6) is 0. The van der Waals surface area contributed by atoms with Gasteiger partial charge in [0.25, 0.3) is 0 Å². The molecule has 72 valence electrons. The zero-order valence-electron chi connectivity index (χ0n) is 7.77. The van der Waals surface area contributed by atoms with Crippen LogP contribution in [0, 0.1) is 0 Å². The van der Waals surface area contributed by atoms with Gasteiger partial charge in [0.05, 0.1) is 0 Å². The van der Waals surface area contributed by atoms with E-state index in [1.165, 1.54) is 0 Å². The summed E-state index contributed by atoms with van der Waals surface area (Å²) >= 11 is 9.44. The van der Waals surface area contributed by atoms with Gasteiger partial charge in [-0.05, 0) is 23.8 Å². The summed E-state index contributed by atoms with van der Waals surface area (Å²) in [6, 6.07) is 6.37. The summed E-state index contributed by atoms with van der Waals surface area (Å²) < 4.78 is 1.07. The number of nitrogens with one attached hydrogen (secondary N) is 1. The third-order valence-electron chi connectivity index (χ3n) is 1.71. The molecule has 0 radical (unpaired) electrons. The maximum atomic E-state index is 6.02. The van der Waals surface area contributed by atoms with Crippen molar-refractivity contribution in [2.24, 2.45) is 0 Å². The van der Waals surface area contributed by atoms with Gasteiger partial charge >= 0.3 is 0 Å². The molecule has 1 aromatic carbocycles. The third kappa shape index (κ3) is 3.67. The SMILES string of the molecule is CC(C)NCc1cc(Br)ccc1Cl. The molecule has 0 bridgehead atoms. The fourth-order valence-electron chi connectivity index (χ4n) is 0.993. The molecule has 0 aromatic heterocycles. The standard InChI is InChI=1S/C10H13BrClN/c1-7(2)13-6-8-5-9(11)3-4-10(8)12/h3-5,7,13H,6H2,1-2H3. The van der Waals surface area contributed by atoms with E-state index in [-0.39, 0.29) is 0 Å². The lowest BCUT2D eigenvalue weighted by molar-refractivity contribution is 0.589. The van der Waals surface area contributed by atoms with E-state index in [9.17, 15) is 0 Å². The number of benzene rings is 1. The summed E-state index contributed by atoms with van der Waals surface area (Å²) in [6.45, 7) is 5.05. The molecular weight excluding hydrogens is 249 g/mol. The Labute approximate surface area is 92.6 Å². The van der Waals surface area contributed by atoms with E-state index < -0.39 is 0 Å². The molecule has 0 heterocycles. The van der Waals surface area contributed by atoms with E-state index >= 15 is 0 Å². The molecule has 0 atom stereocenters. The molecule has 0 fully saturated rings. The van der Waals surface area contributed by atoms with E-state index in [1.807, 2.05) is 18.2 Å². The van der Waals surface area contributed by atoms with Crippen LogP contribution in [0.5, 0.6) is 0 Å². The Kier molecular flexibility index (Phi) is 4.23. The van der Waals surface area contributed by atoms with Crippen molar-refractivity contribution >= 4 is 27.5 Å². The minimum absolute atomic E-state index is 0.482. The fourth-order valence-corrected chi connectivity index (χ4v) is 1.59. The normalized spacial score (nSPS) is 10.8. The lowest BCUT2D eigenvalue weighted by Gasteiger charge is -2.09. The molecule has 0 aliphatic carbocycles. The molecule has 1 rings (SSSR count). The first kappa shape index (κ1) is 11.0. The van der Waals surface area contributed by atoms with Crippen molar-refractivity contribution in [3.8, 4) is 0 Å². The first-order valence-corrected chi connectivity index (χ1v) is 5.44. The van der Waals surface area contributed by atoms with Crippen LogP contribution in [0.25, 0.3) is 0 Å². The van der Waals surface area contributed by atoms with Crippen molar-refractivity contribution in [2.45, 2.75) is 26.4 Å². The van der Waals surface area contributed by atoms with Crippen LogP contribution >= 0.6 is 27.5 Å². The topological polar surface area (TPSA) is 12.0 Å². The average Bonchev–Trinajstić information content (AvgIpc) is 2.06. The Morgan fingerprint density at radius 1 is 1.46 bits per heavy atom. The number of hydrogen-bond acceptors (Lipinski definition) is 1. The van der Waals surface area contributed by atoms with Crippen molar-refractivity contribution < 1.29 is 0 Å². The number of halogens is 2. The maximum Gasteiger partial charge on any atom is 0.0451 e. The van der Waals surface area contributed by atoms with Crippen LogP contribution in [-0.4, -0.2) is 6.04 Å². The van der Waals surface area contributed by atoms with E-state index in [1.54, 1.807) is 0 Å². The molecule has 0 unspecified atom stereocenters. The highest BCUT2D eigenvalue weighted by molar-refractivity contribution is 9.10. The van der Waals surface area contributed by atoms with E-state index in [2.05, 4.69) is 35.1 Å². The van der Waals surface area contributed by atoms with Crippen molar-refractivity contribution in [1.29, 1.82) is 0 Å². The molecule has 1 aromatic rings. The van der Waals surface area contributed by atoms with Gasteiger partial charge in [0.2, 0.25) is 0 Å². The highest BCUT2D eigenvalue weighted by Crippen LogP contribution is 2.20. The first-order valence-electron chi connectivity index (χ1n) is 4.27. The molecule has 0 saturated heterocycles. The minimum atomic E-state index is 0.482. The van der Waals surface area contributed by atoms with E-state index in [0.29, 0.717) is 6.04 Å². The van der Waals surface area contributed by atoms with Gasteiger partial charge in [0.1, 0.15) is 0 Å². The molecule has 0 saturated carbocycles. The highest BCUT2D eigenvalue weighted by Gasteiger charge is 2.01. The lowest BCUT2D eigenvalue weighted by atomic mass is 10.2. The average molecular weight is 263 g/mol. The largest absolute Gasteiger partial charge is 0.310 e. The monoisotopic (exact) mass is 261 g/mol. The summed E-state index contributed by atoms with van der Waals surface area (Å²) in [4.78, 5) is 0. The number of hydrogen-bond donors (Lipinski definition) is 1. The third-order valence-corrected chi connectivity index (χ3v) is 2.57. The van der Waals surface area contributed by atoms with Gasteiger partial charge in [-0.25, -0.2) is 0 Å². The molecular formula is C10H13BrClN. The van der Waals surface area contributed by atoms with Crippen LogP contribution in [-0.2, 0) is 6.54 Å². The maximum absolute atomic E-state index is 6.02. The van der Waals surface area contributed by atoms with Crippen molar-refractivity contribution in [3.63, 3.8) is 0 Å². The van der Waals surface area contributed by atoms with Crippen LogP contribution in [0.2, 0.25) is 5.02 Å². The molecule has 1 N–H and O–H groups in total. The molecule has 1 nitrogen and oxygen atoms in total. The lowest BCUT2D eigenvalue weighted by Crippen LogP contribution is -2.21. The quantitative estimate of drug-likeness (QED) is 0.878. The van der Waals surface area contributed by atoms with Crippen LogP contribution in [0.3, 0.4) is 0 Å². The Hall–Kier alpha value is -0.0500. The fraction of sp³-hybridized carbons (Fsp3) is 0.400. The first-order chi connectivity index (χ1) is 6.09. The van der Waals surface area contributed by atoms with Gasteiger partial charge in [-0.15, -0.1) is 0 Å². The Morgan fingerprint density at radius 3 is 2.77 bits per heavy atom. The van der Waals surface area contributed by atoms with Gasteiger partial charge in [0.15, 0.2) is 0 Å². The Morgan fingerprint density at radius 2 is 2.15 bits per heavy atom. The van der Waals surface area contributed by atoms with Gasteiger partial charge in [-0.1, -0.05) is 41.4 Å².